The minimum absolute atomic E-state index is 0.0204. The summed E-state index contributed by atoms with van der Waals surface area (Å²) in [5.74, 6) is -1.04. The maximum Gasteiger partial charge on any atom is 0.308 e. The molecule has 5 nitrogen and oxygen atoms in total. The normalized spacial score (nSPS) is 9.79. The third-order valence-electron chi connectivity index (χ3n) is 2.16. The second-order valence-electron chi connectivity index (χ2n) is 3.88. The highest BCUT2D eigenvalue weighted by molar-refractivity contribution is 6.30. The van der Waals surface area contributed by atoms with E-state index in [1.54, 1.807) is 24.3 Å². The molecule has 0 aliphatic heterocycles. The molecular weight excluding hydrogens is 270 g/mol. The smallest absolute Gasteiger partial charge is 0.308 e. The lowest BCUT2D eigenvalue weighted by Crippen LogP contribution is -2.26. The predicted molar refractivity (Wildman–Crippen MR) is 70.0 cm³/mol. The summed E-state index contributed by atoms with van der Waals surface area (Å²) >= 11 is 5.70. The first kappa shape index (κ1) is 15.2. The average molecular weight is 284 g/mol. The lowest BCUT2D eigenvalue weighted by atomic mass is 10.2. The van der Waals surface area contributed by atoms with Crippen molar-refractivity contribution in [3.8, 4) is 0 Å². The molecule has 0 heterocycles. The van der Waals surface area contributed by atoms with Gasteiger partial charge in [-0.3, -0.25) is 14.4 Å². The van der Waals surface area contributed by atoms with E-state index in [-0.39, 0.29) is 31.3 Å². The van der Waals surface area contributed by atoms with Crippen LogP contribution in [0.15, 0.2) is 24.3 Å². The Morgan fingerprint density at radius 2 is 1.84 bits per heavy atom. The summed E-state index contributed by atoms with van der Waals surface area (Å²) in [7, 11) is 0. The number of halogens is 1. The van der Waals surface area contributed by atoms with Gasteiger partial charge in [-0.2, -0.15) is 0 Å². The fourth-order valence-corrected chi connectivity index (χ4v) is 1.36. The summed E-state index contributed by atoms with van der Waals surface area (Å²) in [6.07, 6.45) is 0.0204. The molecule has 0 aliphatic rings. The predicted octanol–water partition coefficient (Wildman–Crippen LogP) is 1.59. The molecule has 0 spiro atoms. The zero-order chi connectivity index (χ0) is 14.3. The van der Waals surface area contributed by atoms with Crippen molar-refractivity contribution in [2.45, 2.75) is 13.3 Å². The number of hydrogen-bond donors (Lipinski definition) is 1. The Bertz CT molecular complexity index is 470. The topological polar surface area (TPSA) is 72.5 Å². The van der Waals surface area contributed by atoms with E-state index >= 15 is 0 Å². The molecule has 0 saturated heterocycles. The highest BCUT2D eigenvalue weighted by Gasteiger charge is 2.07. The fourth-order valence-electron chi connectivity index (χ4n) is 1.24. The van der Waals surface area contributed by atoms with Gasteiger partial charge in [0, 0.05) is 17.1 Å². The molecule has 1 amide bonds. The van der Waals surface area contributed by atoms with E-state index in [9.17, 15) is 14.4 Å². The van der Waals surface area contributed by atoms with Gasteiger partial charge in [-0.1, -0.05) is 11.6 Å². The number of ether oxygens (including phenoxy) is 1. The number of rotatable bonds is 6. The van der Waals surface area contributed by atoms with Crippen molar-refractivity contribution in [1.29, 1.82) is 0 Å². The number of carbonyl (C=O) groups is 3. The number of hydrogen-bond acceptors (Lipinski definition) is 4. The Hall–Kier alpha value is -1.88. The van der Waals surface area contributed by atoms with Crippen LogP contribution in [-0.4, -0.2) is 30.8 Å². The molecule has 0 radical (unpaired) electrons. The van der Waals surface area contributed by atoms with Crippen molar-refractivity contribution in [2.24, 2.45) is 0 Å². The Morgan fingerprint density at radius 3 is 2.42 bits per heavy atom. The Kier molecular flexibility index (Phi) is 6.02. The first-order valence-electron chi connectivity index (χ1n) is 5.68. The first-order chi connectivity index (χ1) is 8.99. The number of benzene rings is 1. The Labute approximate surface area is 115 Å². The number of carbonyl (C=O) groups excluding carboxylic acids is 3. The summed E-state index contributed by atoms with van der Waals surface area (Å²) in [6.45, 7) is 1.25. The van der Waals surface area contributed by atoms with Crippen LogP contribution in [0.25, 0.3) is 0 Å². The van der Waals surface area contributed by atoms with Crippen LogP contribution in [0, 0.1) is 0 Å². The van der Waals surface area contributed by atoms with Gasteiger partial charge in [0.15, 0.2) is 5.78 Å². The standard InChI is InChI=1S/C13H14ClNO4/c1-9(16)8-19-12(17)6-7-15-13(18)10-2-4-11(14)5-3-10/h2-5H,6-8H2,1H3,(H,15,18). The third kappa shape index (κ3) is 6.01. The second kappa shape index (κ2) is 7.53. The highest BCUT2D eigenvalue weighted by atomic mass is 35.5. The zero-order valence-corrected chi connectivity index (χ0v) is 11.2. The molecule has 0 aromatic heterocycles. The van der Waals surface area contributed by atoms with Gasteiger partial charge in [0.1, 0.15) is 6.61 Å². The molecule has 1 rings (SSSR count). The van der Waals surface area contributed by atoms with Gasteiger partial charge in [0.2, 0.25) is 0 Å². The number of nitrogens with one attached hydrogen (secondary N) is 1. The minimum Gasteiger partial charge on any atom is -0.458 e. The fraction of sp³-hybridized carbons (Fsp3) is 0.308. The van der Waals surface area contributed by atoms with E-state index in [1.807, 2.05) is 0 Å². The van der Waals surface area contributed by atoms with Crippen LogP contribution in [0.1, 0.15) is 23.7 Å². The highest BCUT2D eigenvalue weighted by Crippen LogP contribution is 2.09. The van der Waals surface area contributed by atoms with Gasteiger partial charge in [0.25, 0.3) is 5.91 Å². The van der Waals surface area contributed by atoms with Crippen LogP contribution < -0.4 is 5.32 Å². The van der Waals surface area contributed by atoms with Crippen LogP contribution >= 0.6 is 11.6 Å². The number of esters is 1. The summed E-state index contributed by atoms with van der Waals surface area (Å²) in [6, 6.07) is 6.40. The monoisotopic (exact) mass is 283 g/mol. The second-order valence-corrected chi connectivity index (χ2v) is 4.31. The van der Waals surface area contributed by atoms with Crippen molar-refractivity contribution >= 4 is 29.3 Å². The number of Topliss-reactive ketones (excluding diaryl/α,β-unsaturated/α-hetero) is 1. The summed E-state index contributed by atoms with van der Waals surface area (Å²) in [5, 5.41) is 3.11. The molecule has 6 heteroatoms. The van der Waals surface area contributed by atoms with E-state index < -0.39 is 5.97 Å². The summed E-state index contributed by atoms with van der Waals surface area (Å²) in [5.41, 5.74) is 0.460. The number of ketones is 1. The van der Waals surface area contributed by atoms with Crippen molar-refractivity contribution in [3.05, 3.63) is 34.9 Å². The average Bonchev–Trinajstić information content (AvgIpc) is 2.37. The van der Waals surface area contributed by atoms with Gasteiger partial charge < -0.3 is 10.1 Å². The molecule has 0 atom stereocenters. The maximum atomic E-state index is 11.6. The van der Waals surface area contributed by atoms with Crippen molar-refractivity contribution in [2.75, 3.05) is 13.2 Å². The molecule has 102 valence electrons. The molecule has 1 aromatic rings. The molecule has 1 aromatic carbocycles. The maximum absolute atomic E-state index is 11.6. The van der Waals surface area contributed by atoms with E-state index in [2.05, 4.69) is 10.1 Å². The van der Waals surface area contributed by atoms with Gasteiger partial charge in [-0.15, -0.1) is 0 Å². The van der Waals surface area contributed by atoms with E-state index in [1.165, 1.54) is 6.92 Å². The first-order valence-corrected chi connectivity index (χ1v) is 6.05. The van der Waals surface area contributed by atoms with Crippen LogP contribution in [-0.2, 0) is 14.3 Å². The van der Waals surface area contributed by atoms with Crippen LogP contribution in [0.2, 0.25) is 5.02 Å². The number of amides is 1. The van der Waals surface area contributed by atoms with Gasteiger partial charge in [-0.25, -0.2) is 0 Å². The van der Waals surface area contributed by atoms with E-state index in [4.69, 9.17) is 11.6 Å². The quantitative estimate of drug-likeness (QED) is 0.805. The molecule has 0 bridgehead atoms. The van der Waals surface area contributed by atoms with Crippen LogP contribution in [0.3, 0.4) is 0 Å². The summed E-state index contributed by atoms with van der Waals surface area (Å²) in [4.78, 5) is 33.4. The molecule has 0 saturated carbocycles. The van der Waals surface area contributed by atoms with E-state index in [0.717, 1.165) is 0 Å². The van der Waals surface area contributed by atoms with Crippen molar-refractivity contribution in [3.63, 3.8) is 0 Å². The van der Waals surface area contributed by atoms with Gasteiger partial charge in [-0.05, 0) is 31.2 Å². The van der Waals surface area contributed by atoms with Gasteiger partial charge >= 0.3 is 5.97 Å². The van der Waals surface area contributed by atoms with Gasteiger partial charge in [0.05, 0.1) is 6.42 Å². The molecule has 19 heavy (non-hydrogen) atoms. The molecule has 0 unspecified atom stereocenters. The Morgan fingerprint density at radius 1 is 1.21 bits per heavy atom. The van der Waals surface area contributed by atoms with Crippen LogP contribution in [0.5, 0.6) is 0 Å². The molecule has 1 N–H and O–H groups in total. The Balaban J connectivity index is 2.29. The largest absolute Gasteiger partial charge is 0.458 e. The van der Waals surface area contributed by atoms with E-state index in [0.29, 0.717) is 10.6 Å². The van der Waals surface area contributed by atoms with Crippen molar-refractivity contribution < 1.29 is 19.1 Å². The lowest BCUT2D eigenvalue weighted by molar-refractivity contribution is -0.147. The van der Waals surface area contributed by atoms with Crippen molar-refractivity contribution in [1.82, 2.24) is 5.32 Å². The van der Waals surface area contributed by atoms with Crippen LogP contribution in [0.4, 0.5) is 0 Å². The minimum atomic E-state index is -0.522. The molecular formula is C13H14ClNO4. The molecule has 0 aliphatic carbocycles. The SMILES string of the molecule is CC(=O)COC(=O)CCNC(=O)c1ccc(Cl)cc1. The summed E-state index contributed by atoms with van der Waals surface area (Å²) < 4.78 is 4.65. The molecule has 0 fully saturated rings. The third-order valence-corrected chi connectivity index (χ3v) is 2.41. The zero-order valence-electron chi connectivity index (χ0n) is 10.4. The lowest BCUT2D eigenvalue weighted by Gasteiger charge is -2.05.